The number of hydrogen-bond acceptors (Lipinski definition) is 4. The van der Waals surface area contributed by atoms with E-state index in [0.29, 0.717) is 0 Å². The van der Waals surface area contributed by atoms with Gasteiger partial charge in [0, 0.05) is 29.5 Å². The smallest absolute Gasteiger partial charge is 0.0704 e. The Kier molecular flexibility index (Phi) is 3.21. The molecule has 1 aromatic rings. The van der Waals surface area contributed by atoms with Crippen LogP contribution in [0.15, 0.2) is 12.1 Å². The predicted octanol–water partition coefficient (Wildman–Crippen LogP) is 2.05. The molecule has 17 heavy (non-hydrogen) atoms. The molecule has 3 heterocycles. The fourth-order valence-corrected chi connectivity index (χ4v) is 3.64. The maximum atomic E-state index is 5.66. The Morgan fingerprint density at radius 3 is 2.82 bits per heavy atom. The Hall–Kier alpha value is -0.420. The molecule has 0 aliphatic carbocycles. The molecule has 1 spiro atoms. The van der Waals surface area contributed by atoms with E-state index in [1.165, 1.54) is 9.75 Å². The normalized spacial score (nSPS) is 30.2. The SMILES string of the molecule is Cc1ccc(CN2CCOCC23CCOC3)s1. The molecule has 2 aliphatic rings. The third-order valence-electron chi connectivity index (χ3n) is 3.77. The van der Waals surface area contributed by atoms with Crippen molar-refractivity contribution in [2.24, 2.45) is 0 Å². The van der Waals surface area contributed by atoms with Crippen LogP contribution in [-0.2, 0) is 16.0 Å². The summed E-state index contributed by atoms with van der Waals surface area (Å²) in [5.74, 6) is 0. The molecular weight excluding hydrogens is 234 g/mol. The molecule has 0 radical (unpaired) electrons. The Labute approximate surface area is 106 Å². The van der Waals surface area contributed by atoms with Gasteiger partial charge in [0.05, 0.1) is 25.4 Å². The van der Waals surface area contributed by atoms with E-state index in [1.54, 1.807) is 0 Å². The highest BCUT2D eigenvalue weighted by Crippen LogP contribution is 2.31. The van der Waals surface area contributed by atoms with Crippen molar-refractivity contribution < 1.29 is 9.47 Å². The molecule has 0 bridgehead atoms. The monoisotopic (exact) mass is 253 g/mol. The summed E-state index contributed by atoms with van der Waals surface area (Å²) in [5, 5.41) is 0. The van der Waals surface area contributed by atoms with Gasteiger partial charge in [-0.05, 0) is 25.5 Å². The summed E-state index contributed by atoms with van der Waals surface area (Å²) in [5.41, 5.74) is 0.149. The van der Waals surface area contributed by atoms with Crippen LogP contribution in [0.5, 0.6) is 0 Å². The van der Waals surface area contributed by atoms with E-state index < -0.39 is 0 Å². The van der Waals surface area contributed by atoms with Gasteiger partial charge in [0.15, 0.2) is 0 Å². The maximum Gasteiger partial charge on any atom is 0.0704 e. The first kappa shape index (κ1) is 11.7. The highest BCUT2D eigenvalue weighted by Gasteiger charge is 2.42. The van der Waals surface area contributed by atoms with Crippen molar-refractivity contribution in [3.05, 3.63) is 21.9 Å². The summed E-state index contributed by atoms with van der Waals surface area (Å²) < 4.78 is 11.3. The summed E-state index contributed by atoms with van der Waals surface area (Å²) in [6.45, 7) is 7.64. The lowest BCUT2D eigenvalue weighted by Gasteiger charge is -2.43. The highest BCUT2D eigenvalue weighted by atomic mass is 32.1. The van der Waals surface area contributed by atoms with Crippen LogP contribution in [0.2, 0.25) is 0 Å². The van der Waals surface area contributed by atoms with E-state index in [2.05, 4.69) is 24.0 Å². The molecular formula is C13H19NO2S. The molecule has 3 rings (SSSR count). The number of nitrogens with zero attached hydrogens (tertiary/aromatic N) is 1. The van der Waals surface area contributed by atoms with E-state index in [9.17, 15) is 0 Å². The van der Waals surface area contributed by atoms with Crippen LogP contribution in [0.3, 0.4) is 0 Å². The van der Waals surface area contributed by atoms with Crippen LogP contribution in [-0.4, -0.2) is 43.4 Å². The van der Waals surface area contributed by atoms with Gasteiger partial charge in [-0.2, -0.15) is 0 Å². The number of morpholine rings is 1. The van der Waals surface area contributed by atoms with Gasteiger partial charge in [-0.15, -0.1) is 11.3 Å². The van der Waals surface area contributed by atoms with Crippen molar-refractivity contribution in [3.63, 3.8) is 0 Å². The van der Waals surface area contributed by atoms with Crippen LogP contribution >= 0.6 is 11.3 Å². The molecule has 0 N–H and O–H groups in total. The molecule has 94 valence electrons. The van der Waals surface area contributed by atoms with E-state index >= 15 is 0 Å². The van der Waals surface area contributed by atoms with Crippen molar-refractivity contribution in [3.8, 4) is 0 Å². The van der Waals surface area contributed by atoms with Gasteiger partial charge >= 0.3 is 0 Å². The highest BCUT2D eigenvalue weighted by molar-refractivity contribution is 7.11. The Morgan fingerprint density at radius 2 is 2.12 bits per heavy atom. The third-order valence-corrected chi connectivity index (χ3v) is 4.76. The zero-order chi connectivity index (χ0) is 11.7. The lowest BCUT2D eigenvalue weighted by molar-refractivity contribution is -0.0745. The molecule has 1 aromatic heterocycles. The van der Waals surface area contributed by atoms with Gasteiger partial charge in [-0.1, -0.05) is 0 Å². The fourth-order valence-electron chi connectivity index (χ4n) is 2.73. The Morgan fingerprint density at radius 1 is 1.29 bits per heavy atom. The first-order chi connectivity index (χ1) is 8.28. The maximum absolute atomic E-state index is 5.66. The van der Waals surface area contributed by atoms with Crippen LogP contribution in [0, 0.1) is 6.92 Å². The van der Waals surface area contributed by atoms with Crippen LogP contribution in [0.4, 0.5) is 0 Å². The summed E-state index contributed by atoms with van der Waals surface area (Å²) in [6.07, 6.45) is 1.11. The molecule has 4 heteroatoms. The average Bonchev–Trinajstić information content (AvgIpc) is 2.93. The minimum Gasteiger partial charge on any atom is -0.379 e. The van der Waals surface area contributed by atoms with Gasteiger partial charge < -0.3 is 9.47 Å². The number of thiophene rings is 1. The number of aryl methyl sites for hydroxylation is 1. The molecule has 3 nitrogen and oxygen atoms in total. The minimum atomic E-state index is 0.149. The number of ether oxygens (including phenoxy) is 2. The number of rotatable bonds is 2. The van der Waals surface area contributed by atoms with Gasteiger partial charge in [-0.3, -0.25) is 4.90 Å². The van der Waals surface area contributed by atoms with Gasteiger partial charge in [0.1, 0.15) is 0 Å². The lowest BCUT2D eigenvalue weighted by Crippen LogP contribution is -2.56. The van der Waals surface area contributed by atoms with Crippen molar-refractivity contribution in [2.45, 2.75) is 25.4 Å². The largest absolute Gasteiger partial charge is 0.379 e. The van der Waals surface area contributed by atoms with Crippen LogP contribution < -0.4 is 0 Å². The van der Waals surface area contributed by atoms with E-state index in [4.69, 9.17) is 9.47 Å². The van der Waals surface area contributed by atoms with Crippen LogP contribution in [0.1, 0.15) is 16.2 Å². The standard InChI is InChI=1S/C13H19NO2S/c1-11-2-3-12(17-11)8-14-5-7-16-10-13(14)4-6-15-9-13/h2-3H,4-10H2,1H3. The predicted molar refractivity (Wildman–Crippen MR) is 68.5 cm³/mol. The second-order valence-corrected chi connectivity index (χ2v) is 6.39. The van der Waals surface area contributed by atoms with E-state index in [1.807, 2.05) is 11.3 Å². The summed E-state index contributed by atoms with van der Waals surface area (Å²) in [4.78, 5) is 5.41. The molecule has 2 saturated heterocycles. The van der Waals surface area contributed by atoms with Gasteiger partial charge in [0.2, 0.25) is 0 Å². The van der Waals surface area contributed by atoms with Gasteiger partial charge in [0.25, 0.3) is 0 Å². The van der Waals surface area contributed by atoms with Gasteiger partial charge in [-0.25, -0.2) is 0 Å². The molecule has 0 amide bonds. The first-order valence-electron chi connectivity index (χ1n) is 6.24. The second kappa shape index (κ2) is 4.69. The van der Waals surface area contributed by atoms with Crippen molar-refractivity contribution >= 4 is 11.3 Å². The van der Waals surface area contributed by atoms with Crippen molar-refractivity contribution in [1.82, 2.24) is 4.90 Å². The second-order valence-electron chi connectivity index (χ2n) is 5.01. The molecule has 1 atom stereocenters. The fraction of sp³-hybridized carbons (Fsp3) is 0.692. The molecule has 2 fully saturated rings. The van der Waals surface area contributed by atoms with Crippen molar-refractivity contribution in [1.29, 1.82) is 0 Å². The Balaban J connectivity index is 1.75. The summed E-state index contributed by atoms with van der Waals surface area (Å²) in [7, 11) is 0. The first-order valence-corrected chi connectivity index (χ1v) is 7.06. The Bertz CT molecular complexity index is 385. The number of hydrogen-bond donors (Lipinski definition) is 0. The third kappa shape index (κ3) is 2.27. The molecule has 1 unspecified atom stereocenters. The topological polar surface area (TPSA) is 21.7 Å². The van der Waals surface area contributed by atoms with Crippen molar-refractivity contribution in [2.75, 3.05) is 33.0 Å². The lowest BCUT2D eigenvalue weighted by atomic mass is 9.96. The molecule has 0 saturated carbocycles. The quantitative estimate of drug-likeness (QED) is 0.805. The van der Waals surface area contributed by atoms with Crippen LogP contribution in [0.25, 0.3) is 0 Å². The average molecular weight is 253 g/mol. The van der Waals surface area contributed by atoms with E-state index in [0.717, 1.165) is 45.9 Å². The minimum absolute atomic E-state index is 0.149. The molecule has 0 aromatic carbocycles. The van der Waals surface area contributed by atoms with E-state index in [-0.39, 0.29) is 5.54 Å². The zero-order valence-electron chi connectivity index (χ0n) is 10.3. The zero-order valence-corrected chi connectivity index (χ0v) is 11.1. The summed E-state index contributed by atoms with van der Waals surface area (Å²) in [6, 6.07) is 4.46. The summed E-state index contributed by atoms with van der Waals surface area (Å²) >= 11 is 1.90. The molecule has 2 aliphatic heterocycles.